The summed E-state index contributed by atoms with van der Waals surface area (Å²) < 4.78 is 0. The monoisotopic (exact) mass is 68.1 g/mol. The van der Waals surface area contributed by atoms with Crippen molar-refractivity contribution in [1.82, 2.24) is 0 Å². The molecule has 0 unspecified atom stereocenters. The fraction of sp³-hybridized carbons (Fsp3) is 0.500. The molecule has 5 heavy (non-hydrogen) atoms. The molecule has 0 spiro atoms. The topological polar surface area (TPSA) is 23.8 Å². The van der Waals surface area contributed by atoms with E-state index >= 15 is 0 Å². The molecule has 0 N–H and O–H groups in total. The van der Waals surface area contributed by atoms with Gasteiger partial charge in [0.2, 0.25) is 0 Å². The lowest BCUT2D eigenvalue weighted by atomic mass is 10.4. The van der Waals surface area contributed by atoms with E-state index in [0.29, 0.717) is 6.42 Å². The van der Waals surface area contributed by atoms with Crippen LogP contribution in [0.5, 0.6) is 0 Å². The van der Waals surface area contributed by atoms with Crippen molar-refractivity contribution in [2.24, 2.45) is 0 Å². The van der Waals surface area contributed by atoms with Crippen molar-refractivity contribution in [1.29, 1.82) is 5.26 Å². The van der Waals surface area contributed by atoms with Crippen LogP contribution in [0, 0.1) is 18.3 Å². The molecule has 0 aliphatic rings. The fourth-order valence-corrected chi connectivity index (χ4v) is 0.0791. The zero-order valence-electron chi connectivity index (χ0n) is 3.07. The molecule has 0 saturated carbocycles. The number of rotatable bonds is 1. The van der Waals surface area contributed by atoms with Gasteiger partial charge < -0.3 is 0 Å². The van der Waals surface area contributed by atoms with Crippen molar-refractivity contribution in [2.75, 3.05) is 0 Å². The predicted molar refractivity (Wildman–Crippen MR) is 20.2 cm³/mol. The first-order valence-corrected chi connectivity index (χ1v) is 1.58. The van der Waals surface area contributed by atoms with Gasteiger partial charge in [0.25, 0.3) is 0 Å². The minimum Gasteiger partial charge on any atom is -0.198 e. The third kappa shape index (κ3) is 3.49. The zero-order chi connectivity index (χ0) is 4.12. The van der Waals surface area contributed by atoms with Gasteiger partial charge in [-0.1, -0.05) is 6.92 Å². The normalized spacial score (nSPS) is 6.40. The van der Waals surface area contributed by atoms with Crippen LogP contribution in [0.25, 0.3) is 0 Å². The molecule has 1 radical (unpaired) electrons. The van der Waals surface area contributed by atoms with E-state index in [-0.39, 0.29) is 0 Å². The molecule has 0 aliphatic heterocycles. The Morgan fingerprint density at radius 3 is 2.40 bits per heavy atom. The lowest BCUT2D eigenvalue weighted by Gasteiger charge is -1.65. The summed E-state index contributed by atoms with van der Waals surface area (Å²) in [5.74, 6) is 0. The minimum absolute atomic E-state index is 0.583. The van der Waals surface area contributed by atoms with Crippen molar-refractivity contribution in [3.8, 4) is 6.07 Å². The van der Waals surface area contributed by atoms with Crippen molar-refractivity contribution in [2.45, 2.75) is 12.8 Å². The largest absolute Gasteiger partial charge is 0.198 e. The summed E-state index contributed by atoms with van der Waals surface area (Å²) in [5.41, 5.74) is 0. The van der Waals surface area contributed by atoms with Crippen LogP contribution in [0.2, 0.25) is 0 Å². The molecule has 0 bridgehead atoms. The SMILES string of the molecule is [CH2]CCC#N. The van der Waals surface area contributed by atoms with Crippen molar-refractivity contribution in [3.63, 3.8) is 0 Å². The lowest BCUT2D eigenvalue weighted by Crippen LogP contribution is -1.54. The first-order chi connectivity index (χ1) is 2.41. The molecule has 0 aliphatic carbocycles. The highest BCUT2D eigenvalue weighted by Crippen LogP contribution is 1.76. The first kappa shape index (κ1) is 4.49. The molecule has 0 heterocycles. The van der Waals surface area contributed by atoms with E-state index in [2.05, 4.69) is 6.92 Å². The van der Waals surface area contributed by atoms with Crippen LogP contribution in [0.1, 0.15) is 12.8 Å². The third-order valence-electron chi connectivity index (χ3n) is 0.289. The van der Waals surface area contributed by atoms with E-state index in [0.717, 1.165) is 6.42 Å². The summed E-state index contributed by atoms with van der Waals surface area (Å²) in [4.78, 5) is 0. The van der Waals surface area contributed by atoms with Gasteiger partial charge in [-0.3, -0.25) is 0 Å². The van der Waals surface area contributed by atoms with Gasteiger partial charge in [0.15, 0.2) is 0 Å². The Morgan fingerprint density at radius 2 is 2.40 bits per heavy atom. The summed E-state index contributed by atoms with van der Waals surface area (Å²) in [6.07, 6.45) is 1.32. The average molecular weight is 68.1 g/mol. The van der Waals surface area contributed by atoms with Crippen LogP contribution in [0.15, 0.2) is 0 Å². The van der Waals surface area contributed by atoms with E-state index in [1.54, 1.807) is 0 Å². The molecule has 27 valence electrons. The maximum Gasteiger partial charge on any atom is 0.0621 e. The predicted octanol–water partition coefficient (Wildman–Crippen LogP) is 1.12. The second kappa shape index (κ2) is 3.49. The molecule has 0 aromatic carbocycles. The molecule has 0 rings (SSSR count). The summed E-state index contributed by atoms with van der Waals surface area (Å²) in [5, 5.41) is 7.78. The molecule has 0 amide bonds. The summed E-state index contributed by atoms with van der Waals surface area (Å²) >= 11 is 0. The Labute approximate surface area is 32.2 Å². The van der Waals surface area contributed by atoms with Crippen molar-refractivity contribution in [3.05, 3.63) is 6.92 Å². The number of unbranched alkanes of at least 4 members (excludes halogenated alkanes) is 1. The van der Waals surface area contributed by atoms with Crippen molar-refractivity contribution < 1.29 is 0 Å². The highest BCUT2D eigenvalue weighted by Gasteiger charge is 1.65. The molecule has 0 fully saturated rings. The van der Waals surface area contributed by atoms with Gasteiger partial charge in [0.05, 0.1) is 6.07 Å². The molecule has 1 nitrogen and oxygen atoms in total. The quantitative estimate of drug-likeness (QED) is 0.451. The van der Waals surface area contributed by atoms with Gasteiger partial charge in [-0.2, -0.15) is 5.26 Å². The van der Waals surface area contributed by atoms with Crippen LogP contribution >= 0.6 is 0 Å². The molecule has 0 aromatic heterocycles. The van der Waals surface area contributed by atoms with Crippen LogP contribution < -0.4 is 0 Å². The van der Waals surface area contributed by atoms with E-state index in [1.807, 2.05) is 6.07 Å². The number of hydrogen-bond donors (Lipinski definition) is 0. The van der Waals surface area contributed by atoms with Crippen LogP contribution in [0.4, 0.5) is 0 Å². The molecule has 1 heteroatoms. The van der Waals surface area contributed by atoms with Gasteiger partial charge in [0, 0.05) is 6.42 Å². The summed E-state index contributed by atoms with van der Waals surface area (Å²) in [6.45, 7) is 3.45. The number of hydrogen-bond acceptors (Lipinski definition) is 1. The van der Waals surface area contributed by atoms with E-state index < -0.39 is 0 Å². The smallest absolute Gasteiger partial charge is 0.0621 e. The van der Waals surface area contributed by atoms with Crippen LogP contribution in [0.3, 0.4) is 0 Å². The summed E-state index contributed by atoms with van der Waals surface area (Å²) in [7, 11) is 0. The molecular formula is C4H6N. The van der Waals surface area contributed by atoms with E-state index in [1.165, 1.54) is 0 Å². The first-order valence-electron chi connectivity index (χ1n) is 1.58. The van der Waals surface area contributed by atoms with E-state index in [4.69, 9.17) is 5.26 Å². The second-order valence-corrected chi connectivity index (χ2v) is 0.762. The Morgan fingerprint density at radius 1 is 1.80 bits per heavy atom. The van der Waals surface area contributed by atoms with Gasteiger partial charge in [-0.15, -0.1) is 0 Å². The highest BCUT2D eigenvalue weighted by atomic mass is 14.2. The van der Waals surface area contributed by atoms with Gasteiger partial charge in [-0.05, 0) is 6.42 Å². The van der Waals surface area contributed by atoms with Crippen molar-refractivity contribution >= 4 is 0 Å². The Hall–Kier alpha value is -0.510. The highest BCUT2D eigenvalue weighted by molar-refractivity contribution is 4.67. The average Bonchev–Trinajstić information content (AvgIpc) is 1.41. The molecule has 0 aromatic rings. The fourth-order valence-electron chi connectivity index (χ4n) is 0.0791. The van der Waals surface area contributed by atoms with Crippen LogP contribution in [-0.2, 0) is 0 Å². The van der Waals surface area contributed by atoms with Gasteiger partial charge >= 0.3 is 0 Å². The van der Waals surface area contributed by atoms with E-state index in [9.17, 15) is 0 Å². The molecule has 0 saturated heterocycles. The Kier molecular flexibility index (Phi) is 3.13. The Balaban J connectivity index is 2.48. The van der Waals surface area contributed by atoms with Gasteiger partial charge in [0.1, 0.15) is 0 Å². The zero-order valence-corrected chi connectivity index (χ0v) is 3.07. The minimum atomic E-state index is 0.583. The number of nitrogens with zero attached hydrogens (tertiary/aromatic N) is 1. The molecular weight excluding hydrogens is 62.1 g/mol. The Bertz CT molecular complexity index is 42.1. The molecule has 0 atom stereocenters. The standard InChI is InChI=1S/C4H6N/c1-2-3-4-5/h1-3H2. The van der Waals surface area contributed by atoms with Crippen LogP contribution in [-0.4, -0.2) is 0 Å². The third-order valence-corrected chi connectivity index (χ3v) is 0.289. The lowest BCUT2D eigenvalue weighted by molar-refractivity contribution is 1.06. The summed E-state index contributed by atoms with van der Waals surface area (Å²) in [6, 6.07) is 1.95. The van der Waals surface area contributed by atoms with Gasteiger partial charge in [-0.25, -0.2) is 0 Å². The number of nitriles is 1. The maximum atomic E-state index is 7.78. The second-order valence-electron chi connectivity index (χ2n) is 0.762. The maximum absolute atomic E-state index is 7.78.